The Labute approximate surface area is 120 Å². The number of halogens is 2. The molecule has 21 heavy (non-hydrogen) atoms. The molecule has 110 valence electrons. The summed E-state index contributed by atoms with van der Waals surface area (Å²) in [5.41, 5.74) is -1.53. The molecule has 9 heteroatoms. The van der Waals surface area contributed by atoms with E-state index in [2.05, 4.69) is 5.32 Å². The van der Waals surface area contributed by atoms with Crippen molar-refractivity contribution in [2.45, 2.75) is 6.04 Å². The Hall–Kier alpha value is -2.55. The van der Waals surface area contributed by atoms with Gasteiger partial charge in [-0.3, -0.25) is 10.1 Å². The molecule has 0 fully saturated rings. The summed E-state index contributed by atoms with van der Waals surface area (Å²) in [4.78, 5) is 21.4. The maximum absolute atomic E-state index is 13.5. The van der Waals surface area contributed by atoms with Crippen LogP contribution >= 0.6 is 11.3 Å². The van der Waals surface area contributed by atoms with Gasteiger partial charge < -0.3 is 10.4 Å². The lowest BCUT2D eigenvalue weighted by molar-refractivity contribution is -0.386. The molecule has 1 unspecified atom stereocenters. The van der Waals surface area contributed by atoms with Gasteiger partial charge in [0.05, 0.1) is 4.92 Å². The van der Waals surface area contributed by atoms with Gasteiger partial charge in [0.1, 0.15) is 11.5 Å². The number of benzene rings is 1. The Morgan fingerprint density at radius 2 is 2.14 bits per heavy atom. The van der Waals surface area contributed by atoms with Crippen LogP contribution in [-0.4, -0.2) is 16.0 Å². The van der Waals surface area contributed by atoms with Crippen molar-refractivity contribution >= 4 is 28.7 Å². The third-order valence-electron chi connectivity index (χ3n) is 2.59. The van der Waals surface area contributed by atoms with Gasteiger partial charge in [-0.1, -0.05) is 6.07 Å². The van der Waals surface area contributed by atoms with E-state index in [4.69, 9.17) is 5.11 Å². The zero-order valence-electron chi connectivity index (χ0n) is 10.2. The summed E-state index contributed by atoms with van der Waals surface area (Å²) in [5, 5.41) is 23.9. The van der Waals surface area contributed by atoms with Crippen LogP contribution in [0.5, 0.6) is 0 Å². The highest BCUT2D eigenvalue weighted by Crippen LogP contribution is 2.32. The highest BCUT2D eigenvalue weighted by atomic mass is 32.1. The lowest BCUT2D eigenvalue weighted by atomic mass is 10.2. The normalized spacial score (nSPS) is 11.9. The fraction of sp³-hybridized carbons (Fsp3) is 0.0833. The van der Waals surface area contributed by atoms with E-state index < -0.39 is 39.9 Å². The first-order valence-electron chi connectivity index (χ1n) is 5.56. The van der Waals surface area contributed by atoms with E-state index in [1.165, 1.54) is 6.07 Å². The first-order chi connectivity index (χ1) is 9.90. The zero-order valence-corrected chi connectivity index (χ0v) is 11.1. The number of nitro benzene ring substituents is 1. The highest BCUT2D eigenvalue weighted by molar-refractivity contribution is 7.10. The Morgan fingerprint density at radius 3 is 2.67 bits per heavy atom. The Kier molecular flexibility index (Phi) is 4.13. The number of hydrogen-bond acceptors (Lipinski definition) is 5. The fourth-order valence-electron chi connectivity index (χ4n) is 1.73. The van der Waals surface area contributed by atoms with Crippen LogP contribution in [0.1, 0.15) is 10.9 Å². The number of anilines is 1. The smallest absolute Gasteiger partial charge is 0.331 e. The third kappa shape index (κ3) is 3.14. The lowest BCUT2D eigenvalue weighted by Gasteiger charge is -2.14. The largest absolute Gasteiger partial charge is 0.479 e. The van der Waals surface area contributed by atoms with Crippen LogP contribution in [0.4, 0.5) is 20.2 Å². The highest BCUT2D eigenvalue weighted by Gasteiger charge is 2.27. The maximum atomic E-state index is 13.5. The molecule has 0 aliphatic carbocycles. The van der Waals surface area contributed by atoms with Crippen LogP contribution in [-0.2, 0) is 4.79 Å². The predicted octanol–water partition coefficient (Wildman–Crippen LogP) is 3.17. The van der Waals surface area contributed by atoms with E-state index >= 15 is 0 Å². The van der Waals surface area contributed by atoms with Crippen molar-refractivity contribution in [3.8, 4) is 0 Å². The Bertz CT molecular complexity index is 691. The van der Waals surface area contributed by atoms with E-state index in [0.29, 0.717) is 17.0 Å². The summed E-state index contributed by atoms with van der Waals surface area (Å²) in [7, 11) is 0. The molecule has 2 N–H and O–H groups in total. The molecule has 0 aliphatic rings. The van der Waals surface area contributed by atoms with Crippen molar-refractivity contribution in [1.29, 1.82) is 0 Å². The average molecular weight is 314 g/mol. The second-order valence-electron chi connectivity index (χ2n) is 3.97. The molecule has 0 aliphatic heterocycles. The van der Waals surface area contributed by atoms with Crippen LogP contribution < -0.4 is 5.32 Å². The van der Waals surface area contributed by atoms with Crippen LogP contribution in [0.25, 0.3) is 0 Å². The standard InChI is InChI=1S/C12H8F2N2O4S/c13-6-4-7(14)11(16(19)20)8(5-6)15-10(12(17)18)9-2-1-3-21-9/h1-5,10,15H,(H,17,18). The van der Waals surface area contributed by atoms with Gasteiger partial charge in [0.25, 0.3) is 0 Å². The lowest BCUT2D eigenvalue weighted by Crippen LogP contribution is -2.20. The number of thiophene rings is 1. The number of carbonyl (C=O) groups is 1. The molecule has 1 atom stereocenters. The molecular formula is C12H8F2N2O4S. The maximum Gasteiger partial charge on any atom is 0.331 e. The van der Waals surface area contributed by atoms with E-state index in [-0.39, 0.29) is 0 Å². The summed E-state index contributed by atoms with van der Waals surface area (Å²) >= 11 is 1.10. The predicted molar refractivity (Wildman–Crippen MR) is 71.3 cm³/mol. The minimum atomic E-state index is -1.38. The Balaban J connectivity index is 2.46. The summed E-state index contributed by atoms with van der Waals surface area (Å²) in [6.07, 6.45) is 0. The molecule has 6 nitrogen and oxygen atoms in total. The number of nitro groups is 1. The molecule has 1 aromatic carbocycles. The van der Waals surface area contributed by atoms with Gasteiger partial charge in [0, 0.05) is 17.0 Å². The van der Waals surface area contributed by atoms with Crippen molar-refractivity contribution in [1.82, 2.24) is 0 Å². The monoisotopic (exact) mass is 314 g/mol. The number of carboxylic acids is 1. The average Bonchev–Trinajstić information content (AvgIpc) is 2.87. The summed E-state index contributed by atoms with van der Waals surface area (Å²) in [5.74, 6) is -3.75. The van der Waals surface area contributed by atoms with Crippen molar-refractivity contribution in [3.63, 3.8) is 0 Å². The first kappa shape index (κ1) is 14.9. The second-order valence-corrected chi connectivity index (χ2v) is 4.95. The second kappa shape index (κ2) is 5.83. The molecule has 0 bridgehead atoms. The van der Waals surface area contributed by atoms with Crippen LogP contribution in [0.2, 0.25) is 0 Å². The number of rotatable bonds is 5. The molecule has 0 saturated heterocycles. The molecule has 0 saturated carbocycles. The molecule has 2 rings (SSSR count). The third-order valence-corrected chi connectivity index (χ3v) is 3.52. The van der Waals surface area contributed by atoms with Crippen molar-refractivity contribution in [3.05, 3.63) is 56.3 Å². The van der Waals surface area contributed by atoms with Crippen LogP contribution in [0.15, 0.2) is 29.6 Å². The number of nitrogens with zero attached hydrogens (tertiary/aromatic N) is 1. The van der Waals surface area contributed by atoms with Gasteiger partial charge in [-0.2, -0.15) is 4.39 Å². The van der Waals surface area contributed by atoms with Gasteiger partial charge in [-0.25, -0.2) is 9.18 Å². The molecule has 1 aromatic heterocycles. The van der Waals surface area contributed by atoms with Gasteiger partial charge in [0.15, 0.2) is 6.04 Å². The zero-order chi connectivity index (χ0) is 15.6. The molecule has 0 radical (unpaired) electrons. The molecule has 1 heterocycles. The molecule has 2 aromatic rings. The van der Waals surface area contributed by atoms with Crippen LogP contribution in [0.3, 0.4) is 0 Å². The topological polar surface area (TPSA) is 92.5 Å². The van der Waals surface area contributed by atoms with E-state index in [9.17, 15) is 23.7 Å². The van der Waals surface area contributed by atoms with Crippen molar-refractivity contribution < 1.29 is 23.6 Å². The molecular weight excluding hydrogens is 306 g/mol. The minimum Gasteiger partial charge on any atom is -0.479 e. The first-order valence-corrected chi connectivity index (χ1v) is 6.44. The van der Waals surface area contributed by atoms with Gasteiger partial charge in [-0.05, 0) is 11.4 Å². The number of nitrogens with one attached hydrogen (secondary N) is 1. The molecule has 0 amide bonds. The van der Waals surface area contributed by atoms with Gasteiger partial charge >= 0.3 is 11.7 Å². The number of aliphatic carboxylic acids is 1. The van der Waals surface area contributed by atoms with Crippen LogP contribution in [0, 0.1) is 21.7 Å². The van der Waals surface area contributed by atoms with E-state index in [1.54, 1.807) is 11.4 Å². The molecule has 0 spiro atoms. The summed E-state index contributed by atoms with van der Waals surface area (Å²) in [6, 6.07) is 2.80. The van der Waals surface area contributed by atoms with E-state index in [0.717, 1.165) is 11.3 Å². The fourth-order valence-corrected chi connectivity index (χ4v) is 2.49. The minimum absolute atomic E-state index is 0.349. The summed E-state index contributed by atoms with van der Waals surface area (Å²) in [6.45, 7) is 0. The summed E-state index contributed by atoms with van der Waals surface area (Å²) < 4.78 is 26.7. The Morgan fingerprint density at radius 1 is 1.43 bits per heavy atom. The SMILES string of the molecule is O=C(O)C(Nc1cc(F)cc(F)c1[N+](=O)[O-])c1cccs1. The van der Waals surface area contributed by atoms with Crippen molar-refractivity contribution in [2.24, 2.45) is 0 Å². The van der Waals surface area contributed by atoms with Crippen molar-refractivity contribution in [2.75, 3.05) is 5.32 Å². The van der Waals surface area contributed by atoms with Gasteiger partial charge in [0.2, 0.25) is 5.82 Å². The number of carboxylic acid groups (broad SMARTS) is 1. The van der Waals surface area contributed by atoms with E-state index in [1.807, 2.05) is 0 Å². The quantitative estimate of drug-likeness (QED) is 0.653. The number of hydrogen-bond donors (Lipinski definition) is 2. The van der Waals surface area contributed by atoms with Gasteiger partial charge in [-0.15, -0.1) is 11.3 Å².